The van der Waals surface area contributed by atoms with Crippen molar-refractivity contribution in [3.63, 3.8) is 0 Å². The van der Waals surface area contributed by atoms with Crippen molar-refractivity contribution in [2.75, 3.05) is 0 Å². The number of para-hydroxylation sites is 1. The summed E-state index contributed by atoms with van der Waals surface area (Å²) in [6, 6.07) is 48.0. The predicted octanol–water partition coefficient (Wildman–Crippen LogP) is 15.8. The van der Waals surface area contributed by atoms with Crippen molar-refractivity contribution >= 4 is 11.0 Å². The van der Waals surface area contributed by atoms with Crippen molar-refractivity contribution in [1.29, 1.82) is 0 Å². The molecule has 0 aliphatic carbocycles. The van der Waals surface area contributed by atoms with Gasteiger partial charge in [-0.25, -0.2) is 4.98 Å². The third kappa shape index (κ3) is 9.18. The van der Waals surface area contributed by atoms with Crippen LogP contribution in [0.5, 0.6) is 5.75 Å². The number of pyridine rings is 1. The molecule has 0 amide bonds. The van der Waals surface area contributed by atoms with Gasteiger partial charge < -0.3 is 5.11 Å². The van der Waals surface area contributed by atoms with Crippen molar-refractivity contribution in [1.82, 2.24) is 14.5 Å². The molecule has 330 valence electrons. The van der Waals surface area contributed by atoms with Crippen LogP contribution < -0.4 is 0 Å². The van der Waals surface area contributed by atoms with Crippen molar-refractivity contribution in [2.24, 2.45) is 0 Å². The molecule has 2 aromatic heterocycles. The number of phenols is 1. The number of aromatic nitrogens is 3. The van der Waals surface area contributed by atoms with E-state index in [-0.39, 0.29) is 48.5 Å². The average molecular weight is 1030 g/mol. The minimum absolute atomic E-state index is 0. The van der Waals surface area contributed by atoms with Gasteiger partial charge in [0.2, 0.25) is 0 Å². The van der Waals surface area contributed by atoms with Crippen LogP contribution in [0.2, 0.25) is 0 Å². The number of rotatable bonds is 6. The molecular weight excluding hydrogens is 962 g/mol. The maximum Gasteiger partial charge on any atom is 0.148 e. The van der Waals surface area contributed by atoms with Gasteiger partial charge in [-0.1, -0.05) is 185 Å². The fourth-order valence-corrected chi connectivity index (χ4v) is 8.32. The molecule has 8 rings (SSSR count). The van der Waals surface area contributed by atoms with Gasteiger partial charge in [-0.15, -0.1) is 29.3 Å². The summed E-state index contributed by atoms with van der Waals surface area (Å²) in [5.41, 5.74) is 15.2. The number of benzene rings is 6. The maximum absolute atomic E-state index is 12.5. The second-order valence-electron chi connectivity index (χ2n) is 21.2. The molecule has 0 atom stereocenters. The van der Waals surface area contributed by atoms with Crippen LogP contribution >= 0.6 is 0 Å². The Morgan fingerprint density at radius 1 is 0.547 bits per heavy atom. The summed E-state index contributed by atoms with van der Waals surface area (Å²) in [6.45, 7) is 25.5. The Morgan fingerprint density at radius 3 is 1.83 bits per heavy atom. The molecule has 0 fully saturated rings. The fourth-order valence-electron chi connectivity index (χ4n) is 8.32. The standard InChI is InChI=1S/C59H62N3O.Pt/c1-37-22-24-38(25-23-37)40-28-29-60-50(33-40)42-30-41(31-44(32-42)57(5,6)7)46-20-17-21-52-53(46)61-55(48-35-45(58(8,9)10)36-49(54(48)63)59(11,12)13)62(52)51-27-26-43(56(2,3)4)34-47(51)39-18-15-14-16-19-39;/h14-29,31-36,63H,1-13H3;/q-1;/i1D2;. The number of aromatic hydroxyl groups is 1. The number of phenolic OH excluding ortho intramolecular Hbond substituents is 1. The number of aryl methyl sites for hydroxylation is 1. The number of hydrogen-bond acceptors (Lipinski definition) is 3. The molecule has 0 bridgehead atoms. The Kier molecular flexibility index (Phi) is 11.7. The van der Waals surface area contributed by atoms with E-state index in [4.69, 9.17) is 12.7 Å². The molecule has 4 nitrogen and oxygen atoms in total. The minimum atomic E-state index is -1.03. The van der Waals surface area contributed by atoms with E-state index in [1.165, 1.54) is 5.56 Å². The Morgan fingerprint density at radius 2 is 1.19 bits per heavy atom. The topological polar surface area (TPSA) is 50.9 Å². The van der Waals surface area contributed by atoms with Crippen molar-refractivity contribution in [3.8, 4) is 67.5 Å². The third-order valence-corrected chi connectivity index (χ3v) is 12.2. The maximum atomic E-state index is 12.5. The zero-order chi connectivity index (χ0) is 46.8. The first-order valence-corrected chi connectivity index (χ1v) is 22.1. The van der Waals surface area contributed by atoms with Crippen LogP contribution in [0.1, 0.15) is 114 Å². The molecule has 0 aliphatic rings. The first-order valence-electron chi connectivity index (χ1n) is 23.2. The smallest absolute Gasteiger partial charge is 0.148 e. The molecule has 0 unspecified atom stereocenters. The number of imidazole rings is 1. The Hall–Kier alpha value is -5.57. The van der Waals surface area contributed by atoms with Crippen LogP contribution in [-0.4, -0.2) is 19.6 Å². The molecule has 0 saturated carbocycles. The predicted molar refractivity (Wildman–Crippen MR) is 266 cm³/mol. The monoisotopic (exact) mass is 1030 g/mol. The molecule has 2 heterocycles. The molecule has 8 aromatic rings. The molecule has 5 heteroatoms. The van der Waals surface area contributed by atoms with Gasteiger partial charge in [-0.2, -0.15) is 0 Å². The normalized spacial score (nSPS) is 12.9. The summed E-state index contributed by atoms with van der Waals surface area (Å²) in [6.07, 6.45) is 1.83. The van der Waals surface area contributed by atoms with Crippen LogP contribution in [-0.2, 0) is 42.7 Å². The van der Waals surface area contributed by atoms with E-state index in [0.29, 0.717) is 17.0 Å². The number of fused-ring (bicyclic) bond motifs is 1. The van der Waals surface area contributed by atoms with E-state index in [0.717, 1.165) is 78.0 Å². The van der Waals surface area contributed by atoms with Gasteiger partial charge in [0.25, 0.3) is 0 Å². The van der Waals surface area contributed by atoms with Crippen LogP contribution in [0.25, 0.3) is 72.7 Å². The third-order valence-electron chi connectivity index (χ3n) is 12.2. The summed E-state index contributed by atoms with van der Waals surface area (Å²) < 4.78 is 17.9. The van der Waals surface area contributed by atoms with Gasteiger partial charge in [0.1, 0.15) is 11.6 Å². The van der Waals surface area contributed by atoms with Gasteiger partial charge in [0.15, 0.2) is 0 Å². The fraction of sp³-hybridized carbons (Fsp3) is 0.288. The van der Waals surface area contributed by atoms with Gasteiger partial charge in [-0.05, 0) is 86.7 Å². The molecule has 0 radical (unpaired) electrons. The molecular formula is C59H62N3OPt-. The first-order chi connectivity index (χ1) is 30.5. The Bertz CT molecular complexity index is 3050. The summed E-state index contributed by atoms with van der Waals surface area (Å²) in [5.74, 6) is 0.900. The Balaban J connectivity index is 0.00000648. The van der Waals surface area contributed by atoms with E-state index in [9.17, 15) is 5.11 Å². The van der Waals surface area contributed by atoms with E-state index in [1.807, 2.05) is 36.5 Å². The van der Waals surface area contributed by atoms with E-state index >= 15 is 0 Å². The van der Waals surface area contributed by atoms with E-state index < -0.39 is 6.88 Å². The summed E-state index contributed by atoms with van der Waals surface area (Å²) in [4.78, 5) is 10.5. The van der Waals surface area contributed by atoms with Crippen LogP contribution in [0.15, 0.2) is 134 Å². The summed E-state index contributed by atoms with van der Waals surface area (Å²) >= 11 is 0. The number of nitrogens with zero attached hydrogens (tertiary/aromatic N) is 3. The van der Waals surface area contributed by atoms with Crippen LogP contribution in [0.4, 0.5) is 0 Å². The van der Waals surface area contributed by atoms with Crippen molar-refractivity contribution in [2.45, 2.75) is 112 Å². The summed E-state index contributed by atoms with van der Waals surface area (Å²) in [5, 5.41) is 12.5. The van der Waals surface area contributed by atoms with Crippen LogP contribution in [0.3, 0.4) is 0 Å². The largest absolute Gasteiger partial charge is 0.507 e. The van der Waals surface area contributed by atoms with Gasteiger partial charge in [0, 0.05) is 46.8 Å². The van der Waals surface area contributed by atoms with E-state index in [1.54, 1.807) is 0 Å². The van der Waals surface area contributed by atoms with Gasteiger partial charge in [0.05, 0.1) is 22.3 Å². The molecule has 6 aromatic carbocycles. The first kappa shape index (κ1) is 43.7. The summed E-state index contributed by atoms with van der Waals surface area (Å²) in [7, 11) is 0. The second-order valence-corrected chi connectivity index (χ2v) is 21.2. The SMILES string of the molecule is [2H]C([2H])c1ccc(-c2ccnc(-c3[c-]c(-c4cccc5c4nc(-c4cc(C(C)(C)C)cc(C(C)(C)C)c4O)n5-c4ccc(C(C)(C)C)cc4-c4ccccc4)cc(C(C)(C)C)c3)c2)cc1.[Pt]. The quantitative estimate of drug-likeness (QED) is 0.169. The molecule has 0 aliphatic heterocycles. The van der Waals surface area contributed by atoms with Crippen molar-refractivity contribution < 1.29 is 28.9 Å². The molecule has 64 heavy (non-hydrogen) atoms. The second kappa shape index (κ2) is 17.1. The van der Waals surface area contributed by atoms with Crippen molar-refractivity contribution in [3.05, 3.63) is 167 Å². The van der Waals surface area contributed by atoms with E-state index in [2.05, 4.69) is 191 Å². The number of hydrogen-bond donors (Lipinski definition) is 1. The van der Waals surface area contributed by atoms with Gasteiger partial charge in [-0.3, -0.25) is 9.55 Å². The van der Waals surface area contributed by atoms with Crippen LogP contribution in [0, 0.1) is 12.9 Å². The zero-order valence-electron chi connectivity index (χ0n) is 41.4. The molecule has 0 spiro atoms. The average Bonchev–Trinajstić information content (AvgIpc) is 3.64. The Labute approximate surface area is 399 Å². The zero-order valence-corrected chi connectivity index (χ0v) is 41.7. The molecule has 0 saturated heterocycles. The minimum Gasteiger partial charge on any atom is -0.507 e. The van der Waals surface area contributed by atoms with Gasteiger partial charge >= 0.3 is 0 Å². The molecule has 1 N–H and O–H groups in total.